The molecule has 2 aromatic rings. The molecule has 0 aliphatic carbocycles. The lowest BCUT2D eigenvalue weighted by atomic mass is 9.97. The second kappa shape index (κ2) is 5.69. The normalized spacial score (nSPS) is 18.5. The molecule has 0 fully saturated rings. The average Bonchev–Trinajstić information content (AvgIpc) is 2.95. The molecule has 8 heteroatoms. The molecular weight excluding hydrogens is 324 g/mol. The number of benzene rings is 1. The van der Waals surface area contributed by atoms with Gasteiger partial charge in [-0.3, -0.25) is 9.10 Å². The zero-order valence-electron chi connectivity index (χ0n) is 11.5. The number of fused-ring (bicyclic) bond motifs is 1. The molecular formula is C14H14N2O4S2. The lowest BCUT2D eigenvalue weighted by Crippen LogP contribution is -2.32. The average molecular weight is 338 g/mol. The first kappa shape index (κ1) is 15.0. The van der Waals surface area contributed by atoms with Crippen molar-refractivity contribution in [2.45, 2.75) is 17.1 Å². The van der Waals surface area contributed by atoms with Crippen LogP contribution in [-0.4, -0.2) is 30.4 Å². The number of hydrogen-bond acceptors (Lipinski definition) is 5. The predicted molar refractivity (Wildman–Crippen MR) is 82.5 cm³/mol. The topological polar surface area (TPSA) is 87.6 Å². The van der Waals surface area contributed by atoms with Crippen molar-refractivity contribution in [3.8, 4) is 0 Å². The summed E-state index contributed by atoms with van der Waals surface area (Å²) in [5.41, 5.74) is 1.29. The molecule has 1 aliphatic rings. The zero-order chi connectivity index (χ0) is 15.7. The molecule has 2 heterocycles. The van der Waals surface area contributed by atoms with Crippen LogP contribution >= 0.6 is 11.5 Å². The van der Waals surface area contributed by atoms with Crippen LogP contribution < -0.4 is 4.31 Å². The molecule has 1 N–H and O–H groups in total. The van der Waals surface area contributed by atoms with Gasteiger partial charge >= 0.3 is 5.97 Å². The van der Waals surface area contributed by atoms with Gasteiger partial charge < -0.3 is 5.11 Å². The summed E-state index contributed by atoms with van der Waals surface area (Å²) >= 11 is 0.916. The van der Waals surface area contributed by atoms with Gasteiger partial charge in [-0.25, -0.2) is 8.42 Å². The Balaban J connectivity index is 2.08. The highest BCUT2D eigenvalue weighted by atomic mass is 32.2. The third kappa shape index (κ3) is 2.59. The van der Waals surface area contributed by atoms with E-state index in [0.29, 0.717) is 12.1 Å². The minimum absolute atomic E-state index is 0.147. The van der Waals surface area contributed by atoms with Gasteiger partial charge in [-0.2, -0.15) is 4.37 Å². The smallest absolute Gasteiger partial charge is 0.306 e. The largest absolute Gasteiger partial charge is 0.481 e. The van der Waals surface area contributed by atoms with Crippen molar-refractivity contribution in [3.63, 3.8) is 0 Å². The van der Waals surface area contributed by atoms with E-state index in [1.54, 1.807) is 24.3 Å². The lowest BCUT2D eigenvalue weighted by Gasteiger charge is -2.23. The van der Waals surface area contributed by atoms with Crippen LogP contribution in [0.5, 0.6) is 0 Å². The maximum absolute atomic E-state index is 12.8. The molecule has 0 bridgehead atoms. The van der Waals surface area contributed by atoms with Crippen LogP contribution in [0.1, 0.15) is 12.0 Å². The van der Waals surface area contributed by atoms with E-state index in [1.165, 1.54) is 16.6 Å². The maximum atomic E-state index is 12.8. The first-order chi connectivity index (χ1) is 10.5. The molecule has 1 unspecified atom stereocenters. The van der Waals surface area contributed by atoms with E-state index in [0.717, 1.165) is 17.1 Å². The van der Waals surface area contributed by atoms with Gasteiger partial charge in [0.25, 0.3) is 10.0 Å². The number of carboxylic acids is 1. The summed E-state index contributed by atoms with van der Waals surface area (Å²) in [6.07, 6.45) is 2.06. The number of para-hydroxylation sites is 1. The maximum Gasteiger partial charge on any atom is 0.306 e. The molecule has 6 nitrogen and oxygen atoms in total. The van der Waals surface area contributed by atoms with Crippen molar-refractivity contribution in [1.82, 2.24) is 4.37 Å². The molecule has 1 aliphatic heterocycles. The summed E-state index contributed by atoms with van der Waals surface area (Å²) in [6.45, 7) is 0.147. The van der Waals surface area contributed by atoms with Crippen LogP contribution in [0.2, 0.25) is 0 Å². The number of sulfonamides is 1. The van der Waals surface area contributed by atoms with Gasteiger partial charge in [0.05, 0.1) is 11.6 Å². The van der Waals surface area contributed by atoms with Gasteiger partial charge in [-0.15, -0.1) is 0 Å². The fourth-order valence-electron chi connectivity index (χ4n) is 2.59. The van der Waals surface area contributed by atoms with Gasteiger partial charge in [0.1, 0.15) is 0 Å². The minimum atomic E-state index is -3.71. The van der Waals surface area contributed by atoms with Crippen LogP contribution in [0.25, 0.3) is 0 Å². The molecule has 22 heavy (non-hydrogen) atoms. The Morgan fingerprint density at radius 3 is 2.77 bits per heavy atom. The molecule has 0 spiro atoms. The zero-order valence-corrected chi connectivity index (χ0v) is 13.2. The van der Waals surface area contributed by atoms with Crippen molar-refractivity contribution in [2.75, 3.05) is 10.8 Å². The van der Waals surface area contributed by atoms with Gasteiger partial charge in [0.15, 0.2) is 4.21 Å². The summed E-state index contributed by atoms with van der Waals surface area (Å²) in [5.74, 6) is -1.48. The first-order valence-corrected chi connectivity index (χ1v) is 8.95. The summed E-state index contributed by atoms with van der Waals surface area (Å²) in [7, 11) is -3.71. The van der Waals surface area contributed by atoms with Gasteiger partial charge in [0, 0.05) is 12.7 Å². The standard InChI is InChI=1S/C14H14N2O4S2/c17-14(18)11-6-8-16(12-4-2-1-3-10(12)9-11)22(19,20)13-5-7-15-21-13/h1-5,7,11H,6,8-9H2,(H,17,18). The van der Waals surface area contributed by atoms with E-state index in [2.05, 4.69) is 4.37 Å². The Morgan fingerprint density at radius 1 is 1.32 bits per heavy atom. The Morgan fingerprint density at radius 2 is 2.09 bits per heavy atom. The lowest BCUT2D eigenvalue weighted by molar-refractivity contribution is -0.141. The highest BCUT2D eigenvalue weighted by Gasteiger charge is 2.33. The molecule has 116 valence electrons. The predicted octanol–water partition coefficient (Wildman–Crippen LogP) is 1.99. The molecule has 0 saturated heterocycles. The molecule has 0 saturated carbocycles. The summed E-state index contributed by atoms with van der Waals surface area (Å²) < 4.78 is 30.9. The van der Waals surface area contributed by atoms with E-state index in [4.69, 9.17) is 0 Å². The molecule has 3 rings (SSSR count). The van der Waals surface area contributed by atoms with Crippen LogP contribution in [0.4, 0.5) is 5.69 Å². The molecule has 1 atom stereocenters. The number of aliphatic carboxylic acids is 1. The SMILES string of the molecule is O=C(O)C1CCN(S(=O)(=O)c2ccns2)c2ccccc2C1. The van der Waals surface area contributed by atoms with Crippen LogP contribution in [0.15, 0.2) is 40.7 Å². The fourth-order valence-corrected chi connectivity index (χ4v) is 4.95. The number of hydrogen-bond donors (Lipinski definition) is 1. The first-order valence-electron chi connectivity index (χ1n) is 6.74. The van der Waals surface area contributed by atoms with Crippen molar-refractivity contribution >= 4 is 33.2 Å². The van der Waals surface area contributed by atoms with E-state index >= 15 is 0 Å². The Labute approximate surface area is 132 Å². The fraction of sp³-hybridized carbons (Fsp3) is 0.286. The van der Waals surface area contributed by atoms with Crippen molar-refractivity contribution < 1.29 is 18.3 Å². The highest BCUT2D eigenvalue weighted by Crippen LogP contribution is 2.33. The summed E-state index contributed by atoms with van der Waals surface area (Å²) in [5, 5.41) is 9.29. The number of rotatable bonds is 3. The van der Waals surface area contributed by atoms with Gasteiger partial charge in [-0.1, -0.05) is 18.2 Å². The monoisotopic (exact) mass is 338 g/mol. The molecule has 0 radical (unpaired) electrons. The Bertz CT molecular complexity index is 787. The van der Waals surface area contributed by atoms with E-state index in [-0.39, 0.29) is 17.2 Å². The second-order valence-electron chi connectivity index (χ2n) is 5.07. The van der Waals surface area contributed by atoms with E-state index < -0.39 is 21.9 Å². The van der Waals surface area contributed by atoms with Gasteiger partial charge in [-0.05, 0) is 42.1 Å². The summed E-state index contributed by atoms with van der Waals surface area (Å²) in [6, 6.07) is 8.52. The van der Waals surface area contributed by atoms with Crippen LogP contribution in [0.3, 0.4) is 0 Å². The van der Waals surface area contributed by atoms with Crippen molar-refractivity contribution in [3.05, 3.63) is 42.1 Å². The number of anilines is 1. The number of aromatic nitrogens is 1. The molecule has 1 aromatic heterocycles. The van der Waals surface area contributed by atoms with Crippen LogP contribution in [0, 0.1) is 5.92 Å². The quantitative estimate of drug-likeness (QED) is 0.924. The Hall–Kier alpha value is -1.93. The third-order valence-corrected chi connectivity index (χ3v) is 6.72. The highest BCUT2D eigenvalue weighted by molar-refractivity contribution is 7.94. The second-order valence-corrected chi connectivity index (χ2v) is 7.99. The number of carboxylic acid groups (broad SMARTS) is 1. The Kier molecular flexibility index (Phi) is 3.88. The molecule has 1 aromatic carbocycles. The van der Waals surface area contributed by atoms with Crippen molar-refractivity contribution in [2.24, 2.45) is 5.92 Å². The van der Waals surface area contributed by atoms with E-state index in [1.807, 2.05) is 0 Å². The minimum Gasteiger partial charge on any atom is -0.481 e. The van der Waals surface area contributed by atoms with Gasteiger partial charge in [0.2, 0.25) is 0 Å². The summed E-state index contributed by atoms with van der Waals surface area (Å²) in [4.78, 5) is 11.3. The van der Waals surface area contributed by atoms with Crippen molar-refractivity contribution in [1.29, 1.82) is 0 Å². The third-order valence-electron chi connectivity index (χ3n) is 3.72. The van der Waals surface area contributed by atoms with E-state index in [9.17, 15) is 18.3 Å². The number of carbonyl (C=O) groups is 1. The number of nitrogens with zero attached hydrogens (tertiary/aromatic N) is 2. The van der Waals surface area contributed by atoms with Crippen LogP contribution in [-0.2, 0) is 21.2 Å². The molecule has 0 amide bonds.